The standard InChI is InChI=1S/C13H24N2O3/c1-3-4-5-10(14)12(16)15-7-6-9(2)8-11(15)13(17)18/h9-11H,3-8,14H2,1-2H3,(H,17,18). The van der Waals surface area contributed by atoms with E-state index in [2.05, 4.69) is 0 Å². The second-order valence-corrected chi connectivity index (χ2v) is 5.26. The van der Waals surface area contributed by atoms with Gasteiger partial charge in [-0.1, -0.05) is 26.7 Å². The Morgan fingerprint density at radius 2 is 2.17 bits per heavy atom. The van der Waals surface area contributed by atoms with Crippen molar-refractivity contribution < 1.29 is 14.7 Å². The maximum absolute atomic E-state index is 12.2. The number of likely N-dealkylation sites (tertiary alicyclic amines) is 1. The molecule has 0 aromatic rings. The zero-order valence-electron chi connectivity index (χ0n) is 11.3. The number of nitrogens with two attached hydrogens (primary N) is 1. The van der Waals surface area contributed by atoms with Crippen LogP contribution >= 0.6 is 0 Å². The number of amides is 1. The first-order valence-electron chi connectivity index (χ1n) is 6.76. The molecule has 0 spiro atoms. The van der Waals surface area contributed by atoms with Crippen molar-refractivity contribution in [1.82, 2.24) is 4.90 Å². The zero-order valence-corrected chi connectivity index (χ0v) is 11.3. The van der Waals surface area contributed by atoms with Gasteiger partial charge >= 0.3 is 5.97 Å². The molecule has 1 aliphatic heterocycles. The Balaban J connectivity index is 2.66. The molecule has 3 N–H and O–H groups in total. The molecule has 0 radical (unpaired) electrons. The Kier molecular flexibility index (Phi) is 5.59. The predicted octanol–water partition coefficient (Wildman–Crippen LogP) is 1.22. The van der Waals surface area contributed by atoms with E-state index in [1.54, 1.807) is 0 Å². The molecule has 1 amide bonds. The van der Waals surface area contributed by atoms with Gasteiger partial charge in [0.05, 0.1) is 6.04 Å². The van der Waals surface area contributed by atoms with Gasteiger partial charge in [0.15, 0.2) is 0 Å². The topological polar surface area (TPSA) is 83.6 Å². The quantitative estimate of drug-likeness (QED) is 0.774. The fraction of sp³-hybridized carbons (Fsp3) is 0.846. The van der Waals surface area contributed by atoms with Crippen LogP contribution in [0.3, 0.4) is 0 Å². The minimum atomic E-state index is -0.919. The van der Waals surface area contributed by atoms with E-state index in [1.807, 2.05) is 13.8 Å². The van der Waals surface area contributed by atoms with Gasteiger partial charge in [0, 0.05) is 6.54 Å². The van der Waals surface area contributed by atoms with Crippen molar-refractivity contribution in [2.75, 3.05) is 6.54 Å². The summed E-state index contributed by atoms with van der Waals surface area (Å²) in [6.07, 6.45) is 3.90. The molecular weight excluding hydrogens is 232 g/mol. The van der Waals surface area contributed by atoms with Gasteiger partial charge in [-0.3, -0.25) is 4.79 Å². The molecule has 3 atom stereocenters. The Bertz CT molecular complexity index is 307. The second-order valence-electron chi connectivity index (χ2n) is 5.26. The molecule has 0 aliphatic carbocycles. The fourth-order valence-corrected chi connectivity index (χ4v) is 2.40. The van der Waals surface area contributed by atoms with Crippen LogP contribution in [0.2, 0.25) is 0 Å². The second kappa shape index (κ2) is 6.73. The number of carbonyl (C=O) groups excluding carboxylic acids is 1. The molecule has 1 fully saturated rings. The molecule has 0 bridgehead atoms. The number of unbranched alkanes of at least 4 members (excludes halogenated alkanes) is 1. The summed E-state index contributed by atoms with van der Waals surface area (Å²) in [5, 5.41) is 9.20. The summed E-state index contributed by atoms with van der Waals surface area (Å²) in [5.41, 5.74) is 5.85. The zero-order chi connectivity index (χ0) is 13.7. The highest BCUT2D eigenvalue weighted by molar-refractivity contribution is 5.87. The van der Waals surface area contributed by atoms with Crippen molar-refractivity contribution in [1.29, 1.82) is 0 Å². The molecule has 5 nitrogen and oxygen atoms in total. The molecule has 1 heterocycles. The summed E-state index contributed by atoms with van der Waals surface area (Å²) in [7, 11) is 0. The highest BCUT2D eigenvalue weighted by atomic mass is 16.4. The minimum absolute atomic E-state index is 0.206. The summed E-state index contributed by atoms with van der Waals surface area (Å²) >= 11 is 0. The van der Waals surface area contributed by atoms with Crippen LogP contribution in [0.25, 0.3) is 0 Å². The number of carboxylic acids is 1. The number of piperidine rings is 1. The van der Waals surface area contributed by atoms with Gasteiger partial charge < -0.3 is 15.7 Å². The summed E-state index contributed by atoms with van der Waals surface area (Å²) < 4.78 is 0. The molecule has 18 heavy (non-hydrogen) atoms. The maximum atomic E-state index is 12.2. The average Bonchev–Trinajstić information content (AvgIpc) is 2.34. The third kappa shape index (κ3) is 3.70. The van der Waals surface area contributed by atoms with E-state index in [1.165, 1.54) is 4.90 Å². The molecule has 0 aromatic heterocycles. The average molecular weight is 256 g/mol. The highest BCUT2D eigenvalue weighted by Gasteiger charge is 2.36. The Morgan fingerprint density at radius 1 is 1.50 bits per heavy atom. The van der Waals surface area contributed by atoms with Crippen LogP contribution in [0, 0.1) is 5.92 Å². The molecule has 1 saturated heterocycles. The molecule has 1 aliphatic rings. The normalized spacial score (nSPS) is 25.8. The van der Waals surface area contributed by atoms with Gasteiger partial charge in [0.2, 0.25) is 5.91 Å². The lowest BCUT2D eigenvalue weighted by atomic mass is 9.91. The smallest absolute Gasteiger partial charge is 0.326 e. The summed E-state index contributed by atoms with van der Waals surface area (Å²) in [4.78, 5) is 24.8. The van der Waals surface area contributed by atoms with Crippen molar-refractivity contribution in [2.45, 2.75) is 58.0 Å². The van der Waals surface area contributed by atoms with E-state index < -0.39 is 18.1 Å². The minimum Gasteiger partial charge on any atom is -0.480 e. The van der Waals surface area contributed by atoms with Gasteiger partial charge in [0.1, 0.15) is 6.04 Å². The van der Waals surface area contributed by atoms with Crippen LogP contribution < -0.4 is 5.73 Å². The van der Waals surface area contributed by atoms with Crippen LogP contribution in [0.5, 0.6) is 0 Å². The number of hydrogen-bond acceptors (Lipinski definition) is 3. The lowest BCUT2D eigenvalue weighted by Gasteiger charge is -2.37. The van der Waals surface area contributed by atoms with Crippen molar-refractivity contribution in [3.05, 3.63) is 0 Å². The van der Waals surface area contributed by atoms with Crippen molar-refractivity contribution in [3.63, 3.8) is 0 Å². The van der Waals surface area contributed by atoms with Gasteiger partial charge in [-0.05, 0) is 25.2 Å². The van der Waals surface area contributed by atoms with E-state index >= 15 is 0 Å². The molecule has 104 valence electrons. The van der Waals surface area contributed by atoms with Crippen LogP contribution in [0.4, 0.5) is 0 Å². The molecule has 0 saturated carbocycles. The van der Waals surface area contributed by atoms with E-state index in [0.717, 1.165) is 19.3 Å². The van der Waals surface area contributed by atoms with Gasteiger partial charge in [-0.2, -0.15) is 0 Å². The number of carboxylic acid groups (broad SMARTS) is 1. The van der Waals surface area contributed by atoms with Crippen LogP contribution in [-0.2, 0) is 9.59 Å². The number of rotatable bonds is 5. The summed E-state index contributed by atoms with van der Waals surface area (Å²) in [5.74, 6) is -0.776. The Morgan fingerprint density at radius 3 is 2.72 bits per heavy atom. The van der Waals surface area contributed by atoms with E-state index in [0.29, 0.717) is 25.3 Å². The van der Waals surface area contributed by atoms with Gasteiger partial charge in [-0.15, -0.1) is 0 Å². The highest BCUT2D eigenvalue weighted by Crippen LogP contribution is 2.23. The maximum Gasteiger partial charge on any atom is 0.326 e. The van der Waals surface area contributed by atoms with E-state index in [4.69, 9.17) is 5.73 Å². The lowest BCUT2D eigenvalue weighted by molar-refractivity contribution is -0.153. The predicted molar refractivity (Wildman–Crippen MR) is 69.0 cm³/mol. The van der Waals surface area contributed by atoms with Crippen LogP contribution in [-0.4, -0.2) is 40.5 Å². The third-order valence-electron chi connectivity index (χ3n) is 3.62. The number of aliphatic carboxylic acids is 1. The first kappa shape index (κ1) is 15.0. The largest absolute Gasteiger partial charge is 0.480 e. The van der Waals surface area contributed by atoms with Crippen molar-refractivity contribution >= 4 is 11.9 Å². The lowest BCUT2D eigenvalue weighted by Crippen LogP contribution is -2.54. The van der Waals surface area contributed by atoms with Crippen molar-refractivity contribution in [3.8, 4) is 0 Å². The van der Waals surface area contributed by atoms with Crippen LogP contribution in [0.1, 0.15) is 46.0 Å². The number of nitrogens with zero attached hydrogens (tertiary/aromatic N) is 1. The SMILES string of the molecule is CCCCC(N)C(=O)N1CCC(C)CC1C(=O)O. The molecule has 3 unspecified atom stereocenters. The Hall–Kier alpha value is -1.10. The van der Waals surface area contributed by atoms with Crippen molar-refractivity contribution in [2.24, 2.45) is 11.7 Å². The molecule has 1 rings (SSSR count). The summed E-state index contributed by atoms with van der Waals surface area (Å²) in [6.45, 7) is 4.57. The fourth-order valence-electron chi connectivity index (χ4n) is 2.40. The monoisotopic (exact) mass is 256 g/mol. The van der Waals surface area contributed by atoms with Gasteiger partial charge in [0.25, 0.3) is 0 Å². The van der Waals surface area contributed by atoms with E-state index in [9.17, 15) is 14.7 Å². The number of hydrogen-bond donors (Lipinski definition) is 2. The first-order chi connectivity index (χ1) is 8.47. The Labute approximate surface area is 108 Å². The van der Waals surface area contributed by atoms with Crippen LogP contribution in [0.15, 0.2) is 0 Å². The summed E-state index contributed by atoms with van der Waals surface area (Å²) in [6, 6.07) is -1.26. The first-order valence-corrected chi connectivity index (χ1v) is 6.76. The molecule has 5 heteroatoms. The number of carbonyl (C=O) groups is 2. The third-order valence-corrected chi connectivity index (χ3v) is 3.62. The molecular formula is C13H24N2O3. The van der Waals surface area contributed by atoms with Gasteiger partial charge in [-0.25, -0.2) is 4.79 Å². The molecule has 0 aromatic carbocycles. The van der Waals surface area contributed by atoms with E-state index in [-0.39, 0.29) is 5.91 Å².